The molecule has 0 saturated heterocycles. The third kappa shape index (κ3) is 2.47. The fraction of sp³-hybridized carbons (Fsp3) is 0. The van der Waals surface area contributed by atoms with Gasteiger partial charge in [-0.2, -0.15) is 0 Å². The summed E-state index contributed by atoms with van der Waals surface area (Å²) < 4.78 is 0.773. The van der Waals surface area contributed by atoms with Crippen LogP contribution in [0.1, 0.15) is 0 Å². The molecule has 0 bridgehead atoms. The Bertz CT molecular complexity index is 560. The van der Waals surface area contributed by atoms with Crippen LogP contribution < -0.4 is 0 Å². The van der Waals surface area contributed by atoms with Gasteiger partial charge in [0, 0.05) is 22.7 Å². The predicted octanol–water partition coefficient (Wildman–Crippen LogP) is 3.37. The highest BCUT2D eigenvalue weighted by atomic mass is 127. The van der Waals surface area contributed by atoms with Gasteiger partial charge in [0.05, 0.1) is 4.92 Å². The molecule has 0 unspecified atom stereocenters. The molecule has 0 saturated carbocycles. The molecule has 82 valence electrons. The lowest BCUT2D eigenvalue weighted by Crippen LogP contribution is -1.88. The molecule has 16 heavy (non-hydrogen) atoms. The van der Waals surface area contributed by atoms with E-state index in [1.807, 2.05) is 22.6 Å². The van der Waals surface area contributed by atoms with Gasteiger partial charge >= 0.3 is 0 Å². The van der Waals surface area contributed by atoms with Crippen molar-refractivity contribution in [2.45, 2.75) is 0 Å². The zero-order valence-corrected chi connectivity index (χ0v) is 11.3. The second kappa shape index (κ2) is 4.60. The number of nitro groups is 1. The van der Waals surface area contributed by atoms with E-state index in [0.29, 0.717) is 15.6 Å². The molecule has 0 atom stereocenters. The average Bonchev–Trinajstić information content (AvgIpc) is 2.64. The summed E-state index contributed by atoms with van der Waals surface area (Å²) in [6.45, 7) is 0. The van der Waals surface area contributed by atoms with Gasteiger partial charge in [0.1, 0.15) is 5.01 Å². The van der Waals surface area contributed by atoms with Gasteiger partial charge in [0.15, 0.2) is 3.01 Å². The Morgan fingerprint density at radius 3 is 2.69 bits per heavy atom. The van der Waals surface area contributed by atoms with E-state index >= 15 is 0 Å². The Morgan fingerprint density at radius 1 is 1.38 bits per heavy atom. The topological polar surface area (TPSA) is 68.9 Å². The smallest absolute Gasteiger partial charge is 0.258 e. The van der Waals surface area contributed by atoms with Crippen LogP contribution in [0.5, 0.6) is 0 Å². The molecule has 1 aromatic heterocycles. The number of benzene rings is 1. The first kappa shape index (κ1) is 11.7. The first-order valence-corrected chi connectivity index (χ1v) is 6.28. The van der Waals surface area contributed by atoms with Crippen LogP contribution in [0.15, 0.2) is 18.2 Å². The molecule has 2 rings (SSSR count). The van der Waals surface area contributed by atoms with Gasteiger partial charge in [0.25, 0.3) is 5.69 Å². The second-order valence-corrected chi connectivity index (χ2v) is 5.98. The third-order valence-electron chi connectivity index (χ3n) is 1.74. The molecular formula is C8H3ClIN3O2S. The minimum Gasteiger partial charge on any atom is -0.258 e. The Morgan fingerprint density at radius 2 is 2.12 bits per heavy atom. The fourth-order valence-electron chi connectivity index (χ4n) is 1.13. The molecule has 8 heteroatoms. The highest BCUT2D eigenvalue weighted by molar-refractivity contribution is 14.1. The van der Waals surface area contributed by atoms with Gasteiger partial charge in [-0.25, -0.2) is 0 Å². The van der Waals surface area contributed by atoms with Crippen LogP contribution in [-0.4, -0.2) is 15.1 Å². The van der Waals surface area contributed by atoms with Crippen LogP contribution in [0.25, 0.3) is 10.6 Å². The largest absolute Gasteiger partial charge is 0.271 e. The molecule has 0 N–H and O–H groups in total. The van der Waals surface area contributed by atoms with Crippen molar-refractivity contribution in [3.8, 4) is 10.6 Å². The second-order valence-electron chi connectivity index (χ2n) is 2.82. The van der Waals surface area contributed by atoms with Gasteiger partial charge in [0.2, 0.25) is 0 Å². The first-order chi connectivity index (χ1) is 7.56. The van der Waals surface area contributed by atoms with Crippen LogP contribution in [0.3, 0.4) is 0 Å². The number of nitrogens with zero attached hydrogens (tertiary/aromatic N) is 3. The number of halogens is 2. The van der Waals surface area contributed by atoms with Crippen molar-refractivity contribution < 1.29 is 4.92 Å². The lowest BCUT2D eigenvalue weighted by atomic mass is 10.2. The summed E-state index contributed by atoms with van der Waals surface area (Å²) in [6, 6.07) is 4.37. The average molecular weight is 368 g/mol. The monoisotopic (exact) mass is 367 g/mol. The van der Waals surface area contributed by atoms with Crippen molar-refractivity contribution in [1.29, 1.82) is 0 Å². The quantitative estimate of drug-likeness (QED) is 0.463. The molecule has 0 fully saturated rings. The Balaban J connectivity index is 2.53. The van der Waals surface area contributed by atoms with Crippen LogP contribution >= 0.6 is 45.5 Å². The molecular weight excluding hydrogens is 365 g/mol. The van der Waals surface area contributed by atoms with E-state index in [2.05, 4.69) is 10.2 Å². The van der Waals surface area contributed by atoms with Crippen LogP contribution in [0.2, 0.25) is 5.02 Å². The summed E-state index contributed by atoms with van der Waals surface area (Å²) in [7, 11) is 0. The molecule has 2 aromatic rings. The molecule has 0 aliphatic carbocycles. The van der Waals surface area contributed by atoms with Crippen LogP contribution in [0, 0.1) is 13.1 Å². The fourth-order valence-corrected chi connectivity index (χ4v) is 2.65. The number of aromatic nitrogens is 2. The maximum Gasteiger partial charge on any atom is 0.271 e. The lowest BCUT2D eigenvalue weighted by molar-refractivity contribution is -0.384. The zero-order chi connectivity index (χ0) is 11.7. The van der Waals surface area contributed by atoms with E-state index in [4.69, 9.17) is 11.6 Å². The predicted molar refractivity (Wildman–Crippen MR) is 69.7 cm³/mol. The molecule has 5 nitrogen and oxygen atoms in total. The highest BCUT2D eigenvalue weighted by Crippen LogP contribution is 2.30. The van der Waals surface area contributed by atoms with Gasteiger partial charge in [-0.05, 0) is 28.7 Å². The Hall–Kier alpha value is -0.800. The highest BCUT2D eigenvalue weighted by Gasteiger charge is 2.12. The van der Waals surface area contributed by atoms with Crippen molar-refractivity contribution in [2.75, 3.05) is 0 Å². The summed E-state index contributed by atoms with van der Waals surface area (Å²) in [5.74, 6) is 0. The van der Waals surface area contributed by atoms with E-state index in [0.717, 1.165) is 3.01 Å². The van der Waals surface area contributed by atoms with Crippen molar-refractivity contribution in [3.63, 3.8) is 0 Å². The molecule has 1 heterocycles. The maximum absolute atomic E-state index is 10.7. The number of nitro benzene ring substituents is 1. The Labute approximate surface area is 113 Å². The van der Waals surface area contributed by atoms with E-state index in [1.54, 1.807) is 6.07 Å². The van der Waals surface area contributed by atoms with Gasteiger partial charge < -0.3 is 0 Å². The van der Waals surface area contributed by atoms with Crippen molar-refractivity contribution >= 4 is 51.2 Å². The Kier molecular flexibility index (Phi) is 3.36. The SMILES string of the molecule is O=[N+]([O-])c1cc(Cl)cc(-c2nnc(I)s2)c1. The molecule has 0 aliphatic heterocycles. The molecule has 1 aromatic carbocycles. The van der Waals surface area contributed by atoms with Gasteiger partial charge in [-0.1, -0.05) is 22.9 Å². The van der Waals surface area contributed by atoms with Crippen LogP contribution in [-0.2, 0) is 0 Å². The number of non-ortho nitro benzene ring substituents is 1. The van der Waals surface area contributed by atoms with E-state index < -0.39 is 4.92 Å². The van der Waals surface area contributed by atoms with Crippen molar-refractivity contribution in [3.05, 3.63) is 36.4 Å². The first-order valence-electron chi connectivity index (χ1n) is 4.00. The van der Waals surface area contributed by atoms with E-state index in [9.17, 15) is 10.1 Å². The van der Waals surface area contributed by atoms with E-state index in [1.165, 1.54) is 23.5 Å². The molecule has 0 spiro atoms. The number of rotatable bonds is 2. The minimum absolute atomic E-state index is 0.0484. The third-order valence-corrected chi connectivity index (χ3v) is 3.60. The maximum atomic E-state index is 10.7. The normalized spacial score (nSPS) is 10.4. The molecule has 0 aliphatic rings. The number of hydrogen-bond donors (Lipinski definition) is 0. The molecule has 0 radical (unpaired) electrons. The van der Waals surface area contributed by atoms with E-state index in [-0.39, 0.29) is 5.69 Å². The van der Waals surface area contributed by atoms with Crippen molar-refractivity contribution in [1.82, 2.24) is 10.2 Å². The minimum atomic E-state index is -0.485. The van der Waals surface area contributed by atoms with Crippen molar-refractivity contribution in [2.24, 2.45) is 0 Å². The molecule has 0 amide bonds. The summed E-state index contributed by atoms with van der Waals surface area (Å²) in [5.41, 5.74) is 0.562. The lowest BCUT2D eigenvalue weighted by Gasteiger charge is -1.97. The summed E-state index contributed by atoms with van der Waals surface area (Å²) in [4.78, 5) is 10.2. The van der Waals surface area contributed by atoms with Crippen LogP contribution in [0.4, 0.5) is 5.69 Å². The standard InChI is InChI=1S/C8H3ClIN3O2S/c9-5-1-4(2-6(3-5)13(14)15)7-11-12-8(10)16-7/h1-3H. The summed E-state index contributed by atoms with van der Waals surface area (Å²) in [5, 5.41) is 19.3. The summed E-state index contributed by atoms with van der Waals surface area (Å²) in [6.07, 6.45) is 0. The summed E-state index contributed by atoms with van der Waals surface area (Å²) >= 11 is 9.19. The number of hydrogen-bond acceptors (Lipinski definition) is 5. The van der Waals surface area contributed by atoms with Gasteiger partial charge in [-0.15, -0.1) is 10.2 Å². The zero-order valence-electron chi connectivity index (χ0n) is 7.55. The van der Waals surface area contributed by atoms with Gasteiger partial charge in [-0.3, -0.25) is 10.1 Å².